The average molecular weight is 171 g/mol. The predicted octanol–water partition coefficient (Wildman–Crippen LogP) is 2.19. The van der Waals surface area contributed by atoms with E-state index in [1.807, 2.05) is 0 Å². The smallest absolute Gasteiger partial charge is 0.216 e. The molecule has 0 unspecified atom stereocenters. The number of rotatable bonds is 3. The summed E-state index contributed by atoms with van der Waals surface area (Å²) in [4.78, 5) is 10.6. The molecule has 0 aromatic rings. The summed E-state index contributed by atoms with van der Waals surface area (Å²) in [5.74, 6) is 0.629. The standard InChI is InChI=1S/C10H21NO/c1-8(6-10(3,4)5)7-11-9(2)12/h8H,6-7H2,1-5H3,(H,11,12)/t8-/m0/s1. The Bertz CT molecular complexity index is 146. The molecule has 72 valence electrons. The van der Waals surface area contributed by atoms with Crippen LogP contribution in [0.25, 0.3) is 0 Å². The monoisotopic (exact) mass is 171 g/mol. The molecule has 1 amide bonds. The number of hydrogen-bond acceptors (Lipinski definition) is 1. The molecule has 0 aromatic heterocycles. The lowest BCUT2D eigenvalue weighted by atomic mass is 9.85. The van der Waals surface area contributed by atoms with Crippen LogP contribution in [0.4, 0.5) is 0 Å². The van der Waals surface area contributed by atoms with E-state index in [2.05, 4.69) is 33.0 Å². The van der Waals surface area contributed by atoms with Crippen molar-refractivity contribution in [1.29, 1.82) is 0 Å². The van der Waals surface area contributed by atoms with Gasteiger partial charge < -0.3 is 5.32 Å². The number of hydrogen-bond donors (Lipinski definition) is 1. The summed E-state index contributed by atoms with van der Waals surface area (Å²) in [6.45, 7) is 11.2. The van der Waals surface area contributed by atoms with E-state index in [0.29, 0.717) is 11.3 Å². The minimum atomic E-state index is 0.0655. The summed E-state index contributed by atoms with van der Waals surface area (Å²) in [7, 11) is 0. The molecule has 0 bridgehead atoms. The van der Waals surface area contributed by atoms with Crippen LogP contribution in [0.3, 0.4) is 0 Å². The van der Waals surface area contributed by atoms with Crippen molar-refractivity contribution in [1.82, 2.24) is 5.32 Å². The first-order valence-electron chi connectivity index (χ1n) is 4.56. The van der Waals surface area contributed by atoms with E-state index in [0.717, 1.165) is 13.0 Å². The topological polar surface area (TPSA) is 29.1 Å². The summed E-state index contributed by atoms with van der Waals surface area (Å²) in [6, 6.07) is 0. The van der Waals surface area contributed by atoms with E-state index in [9.17, 15) is 4.79 Å². The van der Waals surface area contributed by atoms with Gasteiger partial charge in [0.05, 0.1) is 0 Å². The SMILES string of the molecule is CC(=O)NC[C@@H](C)CC(C)(C)C. The van der Waals surface area contributed by atoms with Crippen LogP contribution in [-0.4, -0.2) is 12.5 Å². The number of amides is 1. The molecule has 0 rings (SSSR count). The molecular weight excluding hydrogens is 150 g/mol. The van der Waals surface area contributed by atoms with Gasteiger partial charge in [-0.1, -0.05) is 27.7 Å². The third-order valence-electron chi connectivity index (χ3n) is 1.66. The molecule has 0 radical (unpaired) electrons. The van der Waals surface area contributed by atoms with Gasteiger partial charge in [-0.15, -0.1) is 0 Å². The second kappa shape index (κ2) is 4.48. The zero-order valence-electron chi connectivity index (χ0n) is 8.90. The molecule has 0 heterocycles. The fourth-order valence-corrected chi connectivity index (χ4v) is 1.44. The Morgan fingerprint density at radius 3 is 2.25 bits per heavy atom. The zero-order chi connectivity index (χ0) is 9.78. The highest BCUT2D eigenvalue weighted by atomic mass is 16.1. The van der Waals surface area contributed by atoms with E-state index in [4.69, 9.17) is 0 Å². The Balaban J connectivity index is 3.60. The molecule has 12 heavy (non-hydrogen) atoms. The zero-order valence-corrected chi connectivity index (χ0v) is 8.90. The number of carbonyl (C=O) groups is 1. The second-order valence-corrected chi connectivity index (χ2v) is 4.81. The van der Waals surface area contributed by atoms with Crippen molar-refractivity contribution >= 4 is 5.91 Å². The van der Waals surface area contributed by atoms with Gasteiger partial charge in [0, 0.05) is 13.5 Å². The van der Waals surface area contributed by atoms with Crippen LogP contribution in [0.2, 0.25) is 0 Å². The van der Waals surface area contributed by atoms with Gasteiger partial charge in [0.1, 0.15) is 0 Å². The minimum Gasteiger partial charge on any atom is -0.356 e. The third kappa shape index (κ3) is 7.58. The van der Waals surface area contributed by atoms with Crippen molar-refractivity contribution in [3.63, 3.8) is 0 Å². The third-order valence-corrected chi connectivity index (χ3v) is 1.66. The Kier molecular flexibility index (Phi) is 4.29. The van der Waals surface area contributed by atoms with Gasteiger partial charge in [0.25, 0.3) is 0 Å². The van der Waals surface area contributed by atoms with E-state index >= 15 is 0 Å². The van der Waals surface area contributed by atoms with E-state index in [-0.39, 0.29) is 5.91 Å². The van der Waals surface area contributed by atoms with Crippen LogP contribution in [0, 0.1) is 11.3 Å². The maximum Gasteiger partial charge on any atom is 0.216 e. The summed E-state index contributed by atoms with van der Waals surface area (Å²) >= 11 is 0. The molecule has 0 aliphatic carbocycles. The van der Waals surface area contributed by atoms with Crippen molar-refractivity contribution in [2.45, 2.75) is 41.0 Å². The van der Waals surface area contributed by atoms with Crippen LogP contribution in [-0.2, 0) is 4.79 Å². The molecule has 1 N–H and O–H groups in total. The Labute approximate surface area is 75.7 Å². The van der Waals surface area contributed by atoms with Gasteiger partial charge >= 0.3 is 0 Å². The van der Waals surface area contributed by atoms with E-state index in [1.165, 1.54) is 0 Å². The van der Waals surface area contributed by atoms with Crippen LogP contribution >= 0.6 is 0 Å². The first kappa shape index (κ1) is 11.5. The highest BCUT2D eigenvalue weighted by Gasteiger charge is 2.14. The summed E-state index contributed by atoms with van der Waals surface area (Å²) in [5.41, 5.74) is 0.359. The average Bonchev–Trinajstić information content (AvgIpc) is 1.79. The van der Waals surface area contributed by atoms with Crippen molar-refractivity contribution in [3.05, 3.63) is 0 Å². The number of nitrogens with one attached hydrogen (secondary N) is 1. The van der Waals surface area contributed by atoms with Gasteiger partial charge in [-0.3, -0.25) is 4.79 Å². The molecule has 0 spiro atoms. The molecule has 2 nitrogen and oxygen atoms in total. The van der Waals surface area contributed by atoms with Crippen LogP contribution in [0.1, 0.15) is 41.0 Å². The van der Waals surface area contributed by atoms with Crippen molar-refractivity contribution < 1.29 is 4.79 Å². The molecule has 2 heteroatoms. The fourth-order valence-electron chi connectivity index (χ4n) is 1.44. The van der Waals surface area contributed by atoms with Gasteiger partial charge in [0.2, 0.25) is 5.91 Å². The van der Waals surface area contributed by atoms with Crippen LogP contribution < -0.4 is 5.32 Å². The molecule has 0 aromatic carbocycles. The molecular formula is C10H21NO. The quantitative estimate of drug-likeness (QED) is 0.693. The summed E-state index contributed by atoms with van der Waals surface area (Å²) < 4.78 is 0. The van der Waals surface area contributed by atoms with Crippen LogP contribution in [0.15, 0.2) is 0 Å². The van der Waals surface area contributed by atoms with E-state index < -0.39 is 0 Å². The van der Waals surface area contributed by atoms with Gasteiger partial charge in [-0.05, 0) is 17.8 Å². The largest absolute Gasteiger partial charge is 0.356 e. The van der Waals surface area contributed by atoms with E-state index in [1.54, 1.807) is 6.92 Å². The van der Waals surface area contributed by atoms with Crippen molar-refractivity contribution in [2.24, 2.45) is 11.3 Å². The first-order valence-corrected chi connectivity index (χ1v) is 4.56. The Hall–Kier alpha value is -0.530. The maximum absolute atomic E-state index is 10.6. The number of carbonyl (C=O) groups excluding carboxylic acids is 1. The Morgan fingerprint density at radius 1 is 1.42 bits per heavy atom. The predicted molar refractivity (Wildman–Crippen MR) is 51.9 cm³/mol. The van der Waals surface area contributed by atoms with Gasteiger partial charge in [0.15, 0.2) is 0 Å². The molecule has 0 fully saturated rings. The molecule has 0 saturated heterocycles. The summed E-state index contributed by atoms with van der Waals surface area (Å²) in [6.07, 6.45) is 1.15. The highest BCUT2D eigenvalue weighted by molar-refractivity contribution is 5.72. The van der Waals surface area contributed by atoms with Crippen LogP contribution in [0.5, 0.6) is 0 Å². The minimum absolute atomic E-state index is 0.0655. The summed E-state index contributed by atoms with van der Waals surface area (Å²) in [5, 5.41) is 2.83. The molecule has 1 atom stereocenters. The lowest BCUT2D eigenvalue weighted by molar-refractivity contribution is -0.119. The molecule has 0 aliphatic heterocycles. The second-order valence-electron chi connectivity index (χ2n) is 4.81. The lowest BCUT2D eigenvalue weighted by Crippen LogP contribution is -2.27. The van der Waals surface area contributed by atoms with Gasteiger partial charge in [-0.25, -0.2) is 0 Å². The molecule has 0 aliphatic rings. The molecule has 0 saturated carbocycles. The lowest BCUT2D eigenvalue weighted by Gasteiger charge is -2.23. The fraction of sp³-hybridized carbons (Fsp3) is 0.900. The van der Waals surface area contributed by atoms with Gasteiger partial charge in [-0.2, -0.15) is 0 Å². The van der Waals surface area contributed by atoms with Crippen molar-refractivity contribution in [3.8, 4) is 0 Å². The highest BCUT2D eigenvalue weighted by Crippen LogP contribution is 2.23. The van der Waals surface area contributed by atoms with Crippen molar-refractivity contribution in [2.75, 3.05) is 6.54 Å². The Morgan fingerprint density at radius 2 is 1.92 bits per heavy atom. The maximum atomic E-state index is 10.6. The normalized spacial score (nSPS) is 14.1. The first-order chi connectivity index (χ1) is 5.31.